The zero-order valence-corrected chi connectivity index (χ0v) is 18.4. The third-order valence-corrected chi connectivity index (χ3v) is 5.30. The summed E-state index contributed by atoms with van der Waals surface area (Å²) >= 11 is 6.01. The van der Waals surface area contributed by atoms with Gasteiger partial charge in [-0.1, -0.05) is 23.7 Å². The molecule has 0 fully saturated rings. The first-order valence-corrected chi connectivity index (χ1v) is 10.4. The van der Waals surface area contributed by atoms with Gasteiger partial charge in [-0.3, -0.25) is 23.5 Å². The van der Waals surface area contributed by atoms with Crippen LogP contribution < -0.4 is 16.0 Å². The highest BCUT2D eigenvalue weighted by Gasteiger charge is 2.22. The Balaban J connectivity index is 1.93. The largest absolute Gasteiger partial charge is 0.424 e. The van der Waals surface area contributed by atoms with E-state index >= 15 is 0 Å². The maximum atomic E-state index is 13.3. The average Bonchev–Trinajstić information content (AvgIpc) is 3.12. The number of hydrogen-bond acceptors (Lipinski definition) is 6. The first-order valence-electron chi connectivity index (χ1n) is 10.0. The second kappa shape index (κ2) is 8.97. The molecule has 0 amide bonds. The second-order valence-electron chi connectivity index (χ2n) is 7.45. The van der Waals surface area contributed by atoms with Crippen molar-refractivity contribution in [1.82, 2.24) is 23.7 Å². The lowest BCUT2D eigenvalue weighted by Gasteiger charge is -2.11. The van der Waals surface area contributed by atoms with Gasteiger partial charge in [-0.25, -0.2) is 4.79 Å². The van der Waals surface area contributed by atoms with Gasteiger partial charge in [0.15, 0.2) is 11.2 Å². The van der Waals surface area contributed by atoms with Gasteiger partial charge in [-0.15, -0.1) is 0 Å². The van der Waals surface area contributed by atoms with Gasteiger partial charge in [0.2, 0.25) is 0 Å². The molecule has 10 heteroatoms. The highest BCUT2D eigenvalue weighted by Crippen LogP contribution is 2.25. The summed E-state index contributed by atoms with van der Waals surface area (Å²) in [5, 5.41) is 9.77. The van der Waals surface area contributed by atoms with E-state index in [1.165, 1.54) is 4.57 Å². The SMILES string of the molecule is Cc1cncc(Oc2nc3c(c(=O)n(CCCO)c(=O)n3C)n2Cc2ccc(Cl)cc2)c1. The molecule has 3 heterocycles. The van der Waals surface area contributed by atoms with Gasteiger partial charge < -0.3 is 9.84 Å². The lowest BCUT2D eigenvalue weighted by molar-refractivity contribution is 0.277. The van der Waals surface area contributed by atoms with Crippen LogP contribution in [0.5, 0.6) is 11.8 Å². The molecule has 1 N–H and O–H groups in total. The molecule has 4 rings (SSSR count). The smallest absolute Gasteiger partial charge is 0.332 e. The molecule has 0 bridgehead atoms. The number of hydrogen-bond donors (Lipinski definition) is 1. The highest BCUT2D eigenvalue weighted by atomic mass is 35.5. The van der Waals surface area contributed by atoms with Gasteiger partial charge in [0.25, 0.3) is 5.56 Å². The monoisotopic (exact) mass is 455 g/mol. The first-order chi connectivity index (χ1) is 15.4. The van der Waals surface area contributed by atoms with E-state index < -0.39 is 11.2 Å². The Kier molecular flexibility index (Phi) is 6.11. The summed E-state index contributed by atoms with van der Waals surface area (Å²) in [6, 6.07) is 9.18. The molecule has 4 aromatic rings. The Bertz CT molecular complexity index is 1390. The van der Waals surface area contributed by atoms with E-state index in [9.17, 15) is 14.7 Å². The van der Waals surface area contributed by atoms with E-state index in [-0.39, 0.29) is 43.3 Å². The number of halogens is 1. The molecule has 9 nitrogen and oxygen atoms in total. The summed E-state index contributed by atoms with van der Waals surface area (Å²) in [4.78, 5) is 34.7. The zero-order chi connectivity index (χ0) is 22.8. The minimum atomic E-state index is -0.504. The molecule has 0 aliphatic heterocycles. The Morgan fingerprint density at radius 1 is 1.12 bits per heavy atom. The predicted octanol–water partition coefficient (Wildman–Crippen LogP) is 2.48. The van der Waals surface area contributed by atoms with Gasteiger partial charge in [0.1, 0.15) is 5.75 Å². The Morgan fingerprint density at radius 3 is 2.56 bits per heavy atom. The van der Waals surface area contributed by atoms with Crippen molar-refractivity contribution in [2.75, 3.05) is 6.61 Å². The zero-order valence-electron chi connectivity index (χ0n) is 17.7. The van der Waals surface area contributed by atoms with Crippen LogP contribution in [-0.4, -0.2) is 35.4 Å². The third-order valence-electron chi connectivity index (χ3n) is 5.05. The van der Waals surface area contributed by atoms with Gasteiger partial charge in [-0.2, -0.15) is 4.98 Å². The van der Waals surface area contributed by atoms with Crippen molar-refractivity contribution in [3.05, 3.63) is 79.7 Å². The molecule has 0 spiro atoms. The van der Waals surface area contributed by atoms with Crippen LogP contribution in [0.15, 0.2) is 52.3 Å². The molecule has 0 saturated carbocycles. The Morgan fingerprint density at radius 2 is 1.88 bits per heavy atom. The van der Waals surface area contributed by atoms with Crippen molar-refractivity contribution >= 4 is 22.8 Å². The van der Waals surface area contributed by atoms with Crippen molar-refractivity contribution < 1.29 is 9.84 Å². The van der Waals surface area contributed by atoms with Crippen LogP contribution in [0, 0.1) is 6.92 Å². The number of nitrogens with zero attached hydrogens (tertiary/aromatic N) is 5. The standard InChI is InChI=1S/C22H22ClN5O4/c1-14-10-17(12-24-11-14)32-21-25-19-18(28(21)13-15-4-6-16(23)7-5-15)20(30)27(8-3-9-29)22(31)26(19)2/h4-7,10-12,29H,3,8-9,13H2,1-2H3. The second-order valence-corrected chi connectivity index (χ2v) is 7.89. The fraction of sp³-hybridized carbons (Fsp3) is 0.273. The molecule has 32 heavy (non-hydrogen) atoms. The number of benzene rings is 1. The third kappa shape index (κ3) is 4.17. The predicted molar refractivity (Wildman–Crippen MR) is 121 cm³/mol. The summed E-state index contributed by atoms with van der Waals surface area (Å²) in [7, 11) is 1.55. The van der Waals surface area contributed by atoms with E-state index in [4.69, 9.17) is 16.3 Å². The van der Waals surface area contributed by atoms with Gasteiger partial charge in [0, 0.05) is 31.4 Å². The van der Waals surface area contributed by atoms with E-state index in [2.05, 4.69) is 9.97 Å². The van der Waals surface area contributed by atoms with Crippen LogP contribution in [0.3, 0.4) is 0 Å². The van der Waals surface area contributed by atoms with Crippen LogP contribution in [-0.2, 0) is 20.1 Å². The number of pyridine rings is 1. The fourth-order valence-electron chi connectivity index (χ4n) is 3.46. The summed E-state index contributed by atoms with van der Waals surface area (Å²) in [5.74, 6) is 0.461. The number of aliphatic hydroxyl groups excluding tert-OH is 1. The summed E-state index contributed by atoms with van der Waals surface area (Å²) in [6.45, 7) is 2.13. The lowest BCUT2D eigenvalue weighted by atomic mass is 10.2. The number of aryl methyl sites for hydroxylation is 2. The molecule has 0 aliphatic rings. The van der Waals surface area contributed by atoms with Crippen LogP contribution in [0.2, 0.25) is 5.02 Å². The Hall–Kier alpha value is -3.43. The maximum absolute atomic E-state index is 13.3. The number of aromatic nitrogens is 5. The molecule has 0 aliphatic carbocycles. The quantitative estimate of drug-likeness (QED) is 0.459. The van der Waals surface area contributed by atoms with Crippen molar-refractivity contribution in [3.63, 3.8) is 0 Å². The molecule has 0 radical (unpaired) electrons. The fourth-order valence-corrected chi connectivity index (χ4v) is 3.59. The van der Waals surface area contributed by atoms with Crippen molar-refractivity contribution in [1.29, 1.82) is 0 Å². The maximum Gasteiger partial charge on any atom is 0.332 e. The molecule has 0 atom stereocenters. The molecule has 3 aromatic heterocycles. The van der Waals surface area contributed by atoms with Crippen LogP contribution in [0.4, 0.5) is 0 Å². The highest BCUT2D eigenvalue weighted by molar-refractivity contribution is 6.30. The number of rotatable bonds is 7. The van der Waals surface area contributed by atoms with Crippen LogP contribution in [0.25, 0.3) is 11.2 Å². The van der Waals surface area contributed by atoms with Crippen molar-refractivity contribution in [3.8, 4) is 11.8 Å². The number of ether oxygens (including phenoxy) is 1. The van der Waals surface area contributed by atoms with E-state index in [0.29, 0.717) is 10.8 Å². The van der Waals surface area contributed by atoms with Gasteiger partial charge in [-0.05, 0) is 42.7 Å². The van der Waals surface area contributed by atoms with Crippen LogP contribution in [0.1, 0.15) is 17.5 Å². The summed E-state index contributed by atoms with van der Waals surface area (Å²) < 4.78 is 10.1. The van der Waals surface area contributed by atoms with Crippen molar-refractivity contribution in [2.45, 2.75) is 26.4 Å². The minimum Gasteiger partial charge on any atom is -0.424 e. The number of imidazole rings is 1. The van der Waals surface area contributed by atoms with E-state index in [1.54, 1.807) is 42.2 Å². The topological polar surface area (TPSA) is 104 Å². The average molecular weight is 456 g/mol. The molecule has 0 unspecified atom stereocenters. The molecular formula is C22H22ClN5O4. The lowest BCUT2D eigenvalue weighted by Crippen LogP contribution is -2.39. The first kappa shape index (κ1) is 21.8. The van der Waals surface area contributed by atoms with E-state index in [1.807, 2.05) is 19.1 Å². The molecule has 166 valence electrons. The Labute approximate surface area is 188 Å². The van der Waals surface area contributed by atoms with Crippen molar-refractivity contribution in [2.24, 2.45) is 7.05 Å². The van der Waals surface area contributed by atoms with Gasteiger partial charge in [0.05, 0.1) is 12.7 Å². The van der Waals surface area contributed by atoms with E-state index in [0.717, 1.165) is 15.7 Å². The summed E-state index contributed by atoms with van der Waals surface area (Å²) in [6.07, 6.45) is 3.54. The van der Waals surface area contributed by atoms with Crippen LogP contribution >= 0.6 is 11.6 Å². The molecule has 1 aromatic carbocycles. The van der Waals surface area contributed by atoms with Gasteiger partial charge >= 0.3 is 11.7 Å². The summed E-state index contributed by atoms with van der Waals surface area (Å²) in [5.41, 5.74) is 1.23. The molecular weight excluding hydrogens is 434 g/mol. The minimum absolute atomic E-state index is 0.0993. The number of aliphatic hydroxyl groups is 1. The normalized spacial score (nSPS) is 11.2. The molecule has 0 saturated heterocycles. The number of fused-ring (bicyclic) bond motifs is 1.